The molecule has 0 saturated carbocycles. The Morgan fingerprint density at radius 1 is 0.929 bits per heavy atom. The van der Waals surface area contributed by atoms with E-state index in [9.17, 15) is 19.2 Å². The van der Waals surface area contributed by atoms with Crippen LogP contribution < -0.4 is 15.7 Å². The summed E-state index contributed by atoms with van der Waals surface area (Å²) >= 11 is 1.51. The molecule has 0 radical (unpaired) electrons. The number of hydroxylamine groups is 1. The van der Waals surface area contributed by atoms with Gasteiger partial charge in [-0.05, 0) is 55.2 Å². The highest BCUT2D eigenvalue weighted by Crippen LogP contribution is 2.24. The van der Waals surface area contributed by atoms with Crippen molar-refractivity contribution >= 4 is 51.1 Å². The molecule has 0 unspecified atom stereocenters. The first-order valence-corrected chi connectivity index (χ1v) is 14.6. The minimum absolute atomic E-state index is 0.00897. The number of likely N-dealkylation sites (N-methyl/N-ethyl adjacent to an activating group) is 1. The molecule has 1 fully saturated rings. The molecule has 1 atom stereocenters. The molecule has 5 rings (SSSR count). The quantitative estimate of drug-likeness (QED) is 0.307. The monoisotopic (exact) mass is 585 g/mol. The van der Waals surface area contributed by atoms with Crippen LogP contribution in [0, 0.1) is 0 Å². The largest absolute Gasteiger partial charge is 0.434 e. The fourth-order valence-corrected chi connectivity index (χ4v) is 5.53. The second-order valence-corrected chi connectivity index (χ2v) is 10.9. The molecule has 42 heavy (non-hydrogen) atoms. The number of likely N-dealkylation sites (tertiary alicyclic amines) is 1. The number of fused-ring (bicyclic) bond motifs is 1. The zero-order chi connectivity index (χ0) is 29.5. The van der Waals surface area contributed by atoms with Crippen molar-refractivity contribution in [2.75, 3.05) is 25.0 Å². The summed E-state index contributed by atoms with van der Waals surface area (Å²) in [7, 11) is 1.65. The second kappa shape index (κ2) is 13.3. The van der Waals surface area contributed by atoms with E-state index >= 15 is 0 Å². The molecule has 4 amide bonds. The number of thiazole rings is 1. The highest BCUT2D eigenvalue weighted by Gasteiger charge is 2.28. The first kappa shape index (κ1) is 28.7. The van der Waals surface area contributed by atoms with E-state index in [1.165, 1.54) is 33.3 Å². The lowest BCUT2D eigenvalue weighted by Gasteiger charge is -2.26. The van der Waals surface area contributed by atoms with Crippen LogP contribution in [0.15, 0.2) is 78.3 Å². The maximum atomic E-state index is 13.8. The van der Waals surface area contributed by atoms with E-state index in [0.29, 0.717) is 18.8 Å². The van der Waals surface area contributed by atoms with Gasteiger partial charge in [-0.2, -0.15) is 5.48 Å². The Kier molecular flexibility index (Phi) is 9.08. The Labute approximate surface area is 247 Å². The number of amides is 4. The number of nitrogens with zero attached hydrogens (tertiary/aromatic N) is 3. The van der Waals surface area contributed by atoms with Crippen LogP contribution in [0.5, 0.6) is 0 Å². The molecule has 2 N–H and O–H groups in total. The van der Waals surface area contributed by atoms with Gasteiger partial charge in [0.05, 0.1) is 26.9 Å². The number of anilines is 1. The molecule has 0 aliphatic carbocycles. The van der Waals surface area contributed by atoms with Gasteiger partial charge in [-0.25, -0.2) is 9.78 Å². The molecule has 11 heteroatoms. The Morgan fingerprint density at radius 3 is 2.36 bits per heavy atom. The smallest absolute Gasteiger partial charge is 0.340 e. The molecule has 4 aromatic rings. The summed E-state index contributed by atoms with van der Waals surface area (Å²) in [5, 5.41) is 2.84. The van der Waals surface area contributed by atoms with Gasteiger partial charge in [0, 0.05) is 32.2 Å². The van der Waals surface area contributed by atoms with E-state index in [1.807, 2.05) is 48.5 Å². The van der Waals surface area contributed by atoms with Gasteiger partial charge in [-0.15, -0.1) is 11.3 Å². The van der Waals surface area contributed by atoms with Gasteiger partial charge in [0.15, 0.2) is 0 Å². The molecule has 1 saturated heterocycles. The molecular formula is C31H31N5O5S. The van der Waals surface area contributed by atoms with Crippen LogP contribution in [0.1, 0.15) is 45.5 Å². The van der Waals surface area contributed by atoms with Crippen molar-refractivity contribution in [3.8, 4) is 0 Å². The number of hydrogen-bond donors (Lipinski definition) is 2. The van der Waals surface area contributed by atoms with Gasteiger partial charge in [0.2, 0.25) is 5.91 Å². The number of hydrogen-bond acceptors (Lipinski definition) is 7. The summed E-state index contributed by atoms with van der Waals surface area (Å²) < 4.78 is 1.00. The lowest BCUT2D eigenvalue weighted by atomic mass is 10.0. The summed E-state index contributed by atoms with van der Waals surface area (Å²) in [6, 6.07) is 20.2. The number of carbonyl (C=O) groups is 4. The lowest BCUT2D eigenvalue weighted by Crippen LogP contribution is -2.49. The van der Waals surface area contributed by atoms with Crippen molar-refractivity contribution in [3.63, 3.8) is 0 Å². The highest BCUT2D eigenvalue weighted by atomic mass is 32.1. The van der Waals surface area contributed by atoms with Crippen molar-refractivity contribution in [1.82, 2.24) is 20.7 Å². The predicted molar refractivity (Wildman–Crippen MR) is 160 cm³/mol. The average molecular weight is 586 g/mol. The fourth-order valence-electron chi connectivity index (χ4n) is 4.87. The van der Waals surface area contributed by atoms with Gasteiger partial charge in [-0.1, -0.05) is 42.5 Å². The second-order valence-electron chi connectivity index (χ2n) is 10.0. The first-order valence-electron chi connectivity index (χ1n) is 13.7. The zero-order valence-corrected chi connectivity index (χ0v) is 23.9. The Hall–Kier alpha value is -4.77. The van der Waals surface area contributed by atoms with Crippen LogP contribution in [-0.4, -0.2) is 59.9 Å². The van der Waals surface area contributed by atoms with Crippen molar-refractivity contribution < 1.29 is 24.0 Å². The van der Waals surface area contributed by atoms with Crippen LogP contribution >= 0.6 is 11.3 Å². The summed E-state index contributed by atoms with van der Waals surface area (Å²) in [4.78, 5) is 65.1. The van der Waals surface area contributed by atoms with Crippen molar-refractivity contribution in [2.24, 2.45) is 0 Å². The van der Waals surface area contributed by atoms with E-state index in [0.717, 1.165) is 35.0 Å². The van der Waals surface area contributed by atoms with Gasteiger partial charge in [0.1, 0.15) is 6.04 Å². The normalized spacial score (nSPS) is 13.7. The third kappa shape index (κ3) is 6.74. The average Bonchev–Trinajstić information content (AvgIpc) is 3.51. The van der Waals surface area contributed by atoms with Gasteiger partial charge < -0.3 is 20.0 Å². The highest BCUT2D eigenvalue weighted by molar-refractivity contribution is 7.16. The summed E-state index contributed by atoms with van der Waals surface area (Å²) in [5.41, 5.74) is 6.24. The lowest BCUT2D eigenvalue weighted by molar-refractivity contribution is -0.120. The van der Waals surface area contributed by atoms with Crippen LogP contribution in [0.4, 0.5) is 10.5 Å². The Balaban J connectivity index is 1.33. The molecule has 10 nitrogen and oxygen atoms in total. The number of piperidine rings is 1. The third-order valence-corrected chi connectivity index (χ3v) is 7.99. The van der Waals surface area contributed by atoms with Crippen LogP contribution in [0.2, 0.25) is 0 Å². The maximum Gasteiger partial charge on any atom is 0.434 e. The molecule has 1 aliphatic rings. The molecule has 3 aromatic carbocycles. The number of nitrogens with one attached hydrogen (secondary N) is 2. The first-order chi connectivity index (χ1) is 20.4. The summed E-state index contributed by atoms with van der Waals surface area (Å²) in [6.07, 6.45) is 2.39. The van der Waals surface area contributed by atoms with Crippen LogP contribution in [0.3, 0.4) is 0 Å². The molecule has 2 heterocycles. The van der Waals surface area contributed by atoms with E-state index in [1.54, 1.807) is 24.7 Å². The van der Waals surface area contributed by atoms with Gasteiger partial charge in [-0.3, -0.25) is 14.4 Å². The summed E-state index contributed by atoms with van der Waals surface area (Å²) in [6.45, 7) is 1.13. The third-order valence-electron chi connectivity index (χ3n) is 7.18. The minimum atomic E-state index is -0.941. The van der Waals surface area contributed by atoms with Gasteiger partial charge >= 0.3 is 6.09 Å². The number of aromatic nitrogens is 1. The minimum Gasteiger partial charge on any atom is -0.340 e. The molecule has 0 spiro atoms. The zero-order valence-electron chi connectivity index (χ0n) is 23.1. The fraction of sp³-hybridized carbons (Fsp3) is 0.258. The number of benzene rings is 3. The van der Waals surface area contributed by atoms with Crippen molar-refractivity contribution in [3.05, 3.63) is 95.0 Å². The molecule has 216 valence electrons. The van der Waals surface area contributed by atoms with E-state index in [2.05, 4.69) is 15.8 Å². The predicted octanol–water partition coefficient (Wildman–Crippen LogP) is 4.57. The van der Waals surface area contributed by atoms with Crippen LogP contribution in [-0.2, 0) is 16.1 Å². The molecular weight excluding hydrogens is 554 g/mol. The number of carbonyl (C=O) groups excluding carboxylic acids is 4. The molecule has 0 bridgehead atoms. The van der Waals surface area contributed by atoms with E-state index in [4.69, 9.17) is 4.84 Å². The SMILES string of the molecule is CN(C(=O)[C@H](Cc1ccccc1)NC(=O)c1ccccc1C(=O)NOC(=O)N1CCCCC1)c1ccc2scnc2c1. The van der Waals surface area contributed by atoms with Crippen molar-refractivity contribution in [2.45, 2.75) is 31.7 Å². The Morgan fingerprint density at radius 2 is 1.62 bits per heavy atom. The van der Waals surface area contributed by atoms with E-state index < -0.39 is 23.9 Å². The summed E-state index contributed by atoms with van der Waals surface area (Å²) in [5.74, 6) is -1.69. The maximum absolute atomic E-state index is 13.8. The van der Waals surface area contributed by atoms with Crippen molar-refractivity contribution in [1.29, 1.82) is 0 Å². The standard InChI is InChI=1S/C31H31N5O5S/c1-35(22-14-15-27-25(19-22)32-20-42-27)30(39)26(18-21-10-4-2-5-11-21)33-28(37)23-12-6-7-13-24(23)29(38)34-41-31(40)36-16-8-3-9-17-36/h2,4-7,10-15,19-20,26H,3,8-9,16-18H2,1H3,(H,33,37)(H,34,38)/t26-/m0/s1. The van der Waals surface area contributed by atoms with Crippen LogP contribution in [0.25, 0.3) is 10.2 Å². The molecule has 1 aliphatic heterocycles. The van der Waals surface area contributed by atoms with E-state index in [-0.39, 0.29) is 23.5 Å². The number of rotatable bonds is 7. The Bertz CT molecular complexity index is 1580. The van der Waals surface area contributed by atoms with Gasteiger partial charge in [0.25, 0.3) is 11.8 Å². The topological polar surface area (TPSA) is 121 Å². The molecule has 1 aromatic heterocycles.